The van der Waals surface area contributed by atoms with Gasteiger partial charge in [-0.1, -0.05) is 13.3 Å². The third-order valence-electron chi connectivity index (χ3n) is 10.6. The van der Waals surface area contributed by atoms with Gasteiger partial charge in [-0.05, 0) is 122 Å². The Morgan fingerprint density at radius 2 is 1.18 bits per heavy atom. The van der Waals surface area contributed by atoms with E-state index in [2.05, 4.69) is 11.9 Å². The molecule has 2 aromatic rings. The Hall–Kier alpha value is -4.68. The molecule has 3 aliphatic heterocycles. The van der Waals surface area contributed by atoms with Gasteiger partial charge in [-0.2, -0.15) is 0 Å². The highest BCUT2D eigenvalue weighted by atomic mass is 16.6. The van der Waals surface area contributed by atoms with Gasteiger partial charge >= 0.3 is 12.2 Å². The molecule has 0 atom stereocenters. The highest BCUT2D eigenvalue weighted by Gasteiger charge is 2.32. The van der Waals surface area contributed by atoms with Crippen molar-refractivity contribution in [1.29, 1.82) is 0 Å². The summed E-state index contributed by atoms with van der Waals surface area (Å²) in [5.41, 5.74) is 0.404. The molecule has 0 radical (unpaired) electrons. The molecule has 308 valence electrons. The second-order valence-corrected chi connectivity index (χ2v) is 17.0. The lowest BCUT2D eigenvalue weighted by atomic mass is 9.88. The molecule has 13 nitrogen and oxygen atoms in total. The van der Waals surface area contributed by atoms with Crippen molar-refractivity contribution in [3.8, 4) is 5.75 Å². The van der Waals surface area contributed by atoms with Crippen molar-refractivity contribution in [2.24, 2.45) is 11.8 Å². The molecule has 0 saturated carbocycles. The number of carbonyl (C=O) groups excluding carboxylic acids is 5. The van der Waals surface area contributed by atoms with Gasteiger partial charge in [0.25, 0.3) is 11.8 Å². The van der Waals surface area contributed by atoms with Crippen molar-refractivity contribution in [3.63, 3.8) is 0 Å². The monoisotopic (exact) mass is 777 g/mol. The Balaban J connectivity index is 0.000000389. The third-order valence-corrected chi connectivity index (χ3v) is 10.6. The summed E-state index contributed by atoms with van der Waals surface area (Å²) >= 11 is 0. The van der Waals surface area contributed by atoms with Gasteiger partial charge in [-0.25, -0.2) is 9.59 Å². The summed E-state index contributed by atoms with van der Waals surface area (Å²) in [6.45, 7) is 17.1. The number of hydrogen-bond acceptors (Lipinski definition) is 9. The number of benzene rings is 1. The summed E-state index contributed by atoms with van der Waals surface area (Å²) in [6, 6.07) is 10.3. The van der Waals surface area contributed by atoms with Crippen LogP contribution in [0, 0.1) is 11.8 Å². The van der Waals surface area contributed by atoms with Crippen LogP contribution in [-0.2, 0) is 9.47 Å². The van der Waals surface area contributed by atoms with E-state index < -0.39 is 5.60 Å². The van der Waals surface area contributed by atoms with Crippen molar-refractivity contribution >= 4 is 29.8 Å². The molecule has 0 aliphatic carbocycles. The van der Waals surface area contributed by atoms with Gasteiger partial charge in [0.15, 0.2) is 5.78 Å². The highest BCUT2D eigenvalue weighted by molar-refractivity contribution is 5.99. The SMILES string of the molecule is CCC1CCN(C(=O)OC(C)(C)C)CC1.COc1ccc(C(=O)C2CCN(C(=O)c3ccc(C(=O)N(C)C4CCN(C(=O)OC(C)(C)C)CC4)cn3)CC2)cc1. The maximum atomic E-state index is 13.1. The second-order valence-electron chi connectivity index (χ2n) is 17.0. The highest BCUT2D eigenvalue weighted by Crippen LogP contribution is 2.25. The molecule has 3 fully saturated rings. The smallest absolute Gasteiger partial charge is 0.410 e. The first-order valence-electron chi connectivity index (χ1n) is 20.1. The lowest BCUT2D eigenvalue weighted by Crippen LogP contribution is -2.48. The Morgan fingerprint density at radius 3 is 1.62 bits per heavy atom. The van der Waals surface area contributed by atoms with E-state index >= 15 is 0 Å². The molecule has 3 aliphatic rings. The van der Waals surface area contributed by atoms with Crippen LogP contribution in [0.2, 0.25) is 0 Å². The summed E-state index contributed by atoms with van der Waals surface area (Å²) in [4.78, 5) is 74.4. The predicted molar refractivity (Wildman–Crippen MR) is 214 cm³/mol. The number of ether oxygens (including phenoxy) is 3. The topological polar surface area (TPSA) is 139 Å². The van der Waals surface area contributed by atoms with Crippen LogP contribution in [0.15, 0.2) is 42.6 Å². The average Bonchev–Trinajstić information content (AvgIpc) is 3.19. The Kier molecular flexibility index (Phi) is 15.3. The number of nitrogens with zero attached hydrogens (tertiary/aromatic N) is 5. The zero-order valence-corrected chi connectivity index (χ0v) is 35.0. The molecule has 56 heavy (non-hydrogen) atoms. The first-order valence-corrected chi connectivity index (χ1v) is 20.1. The maximum absolute atomic E-state index is 13.1. The van der Waals surface area contributed by atoms with Crippen LogP contribution >= 0.6 is 0 Å². The number of amides is 4. The second kappa shape index (κ2) is 19.5. The summed E-state index contributed by atoms with van der Waals surface area (Å²) < 4.78 is 15.9. The fraction of sp³-hybridized carbons (Fsp3) is 0.628. The zero-order chi connectivity index (χ0) is 41.2. The molecule has 0 N–H and O–H groups in total. The maximum Gasteiger partial charge on any atom is 0.410 e. The third kappa shape index (κ3) is 12.7. The van der Waals surface area contributed by atoms with E-state index in [0.717, 1.165) is 31.8 Å². The summed E-state index contributed by atoms with van der Waals surface area (Å²) in [5.74, 6) is 1.07. The van der Waals surface area contributed by atoms with Crippen LogP contribution in [0.1, 0.15) is 125 Å². The molecule has 1 aromatic heterocycles. The molecule has 0 spiro atoms. The van der Waals surface area contributed by atoms with Crippen LogP contribution in [-0.4, -0.2) is 125 Å². The number of hydrogen-bond donors (Lipinski definition) is 0. The minimum absolute atomic E-state index is 0.00980. The van der Waals surface area contributed by atoms with Gasteiger partial charge in [0, 0.05) is 70.0 Å². The van der Waals surface area contributed by atoms with Gasteiger partial charge < -0.3 is 33.8 Å². The Labute approximate surface area is 333 Å². The number of pyridine rings is 1. The standard InChI is InChI=1S/C31H40N4O6.C12H23NO2/c1-31(2,3)41-30(39)35-18-14-24(15-19-35)33(4)28(37)23-8-11-26(32-20-23)29(38)34-16-12-22(13-17-34)27(36)21-6-9-25(40-5)10-7-21;1-5-10-6-8-13(9-7-10)11(14)15-12(2,3)4/h6-11,20,22,24H,12-19H2,1-5H3;10H,5-9H2,1-4H3. The Bertz CT molecular complexity index is 1630. The van der Waals surface area contributed by atoms with Crippen LogP contribution in [0.5, 0.6) is 5.75 Å². The van der Waals surface area contributed by atoms with Crippen LogP contribution in [0.3, 0.4) is 0 Å². The van der Waals surface area contributed by atoms with E-state index in [4.69, 9.17) is 14.2 Å². The van der Waals surface area contributed by atoms with Crippen molar-refractivity contribution in [2.45, 2.75) is 111 Å². The lowest BCUT2D eigenvalue weighted by Gasteiger charge is -2.37. The van der Waals surface area contributed by atoms with Gasteiger partial charge in [0.2, 0.25) is 0 Å². The molecule has 4 heterocycles. The van der Waals surface area contributed by atoms with Crippen LogP contribution in [0.4, 0.5) is 9.59 Å². The largest absolute Gasteiger partial charge is 0.497 e. The number of methoxy groups -OCH3 is 1. The number of carbonyl (C=O) groups is 5. The number of ketones is 1. The van der Waals surface area contributed by atoms with E-state index in [0.29, 0.717) is 68.7 Å². The van der Waals surface area contributed by atoms with Crippen LogP contribution in [0.25, 0.3) is 0 Å². The number of aromatic nitrogens is 1. The molecule has 5 rings (SSSR count). The molecular formula is C43H63N5O8. The summed E-state index contributed by atoms with van der Waals surface area (Å²) in [7, 11) is 3.34. The molecule has 0 unspecified atom stereocenters. The van der Waals surface area contributed by atoms with Gasteiger partial charge in [0.05, 0.1) is 12.7 Å². The minimum atomic E-state index is -0.547. The van der Waals surface area contributed by atoms with Crippen molar-refractivity contribution in [1.82, 2.24) is 24.6 Å². The van der Waals surface area contributed by atoms with Crippen LogP contribution < -0.4 is 4.74 Å². The number of Topliss-reactive ketones (excluding diaryl/α,β-unsaturated/α-hetero) is 1. The summed E-state index contributed by atoms with van der Waals surface area (Å²) in [5, 5.41) is 0. The van der Waals surface area contributed by atoms with E-state index in [1.807, 2.05) is 46.4 Å². The van der Waals surface area contributed by atoms with E-state index in [-0.39, 0.29) is 53.0 Å². The number of likely N-dealkylation sites (tertiary alicyclic amines) is 3. The molecule has 3 saturated heterocycles. The van der Waals surface area contributed by atoms with Gasteiger partial charge in [-0.3, -0.25) is 19.4 Å². The molecule has 1 aromatic carbocycles. The lowest BCUT2D eigenvalue weighted by molar-refractivity contribution is 0.0155. The van der Waals surface area contributed by atoms with E-state index in [1.54, 1.807) is 65.3 Å². The van der Waals surface area contributed by atoms with E-state index in [9.17, 15) is 24.0 Å². The number of piperidine rings is 3. The molecule has 13 heteroatoms. The normalized spacial score (nSPS) is 17.3. The van der Waals surface area contributed by atoms with Crippen molar-refractivity contribution in [3.05, 3.63) is 59.4 Å². The fourth-order valence-corrected chi connectivity index (χ4v) is 7.13. The first kappa shape index (κ1) is 44.0. The van der Waals surface area contributed by atoms with Gasteiger partial charge in [-0.15, -0.1) is 0 Å². The summed E-state index contributed by atoms with van der Waals surface area (Å²) in [6.07, 6.45) is 6.91. The minimum Gasteiger partial charge on any atom is -0.497 e. The Morgan fingerprint density at radius 1 is 0.696 bits per heavy atom. The molecule has 0 bridgehead atoms. The molecular weight excluding hydrogens is 714 g/mol. The fourth-order valence-electron chi connectivity index (χ4n) is 7.13. The number of rotatable bonds is 7. The predicted octanol–water partition coefficient (Wildman–Crippen LogP) is 7.34. The quantitative estimate of drug-likeness (QED) is 0.264. The average molecular weight is 778 g/mol. The van der Waals surface area contributed by atoms with Gasteiger partial charge in [0.1, 0.15) is 22.6 Å². The zero-order valence-electron chi connectivity index (χ0n) is 35.0. The molecule has 4 amide bonds. The van der Waals surface area contributed by atoms with E-state index in [1.165, 1.54) is 12.6 Å². The van der Waals surface area contributed by atoms with Crippen molar-refractivity contribution < 1.29 is 38.2 Å². The first-order chi connectivity index (χ1) is 26.4. The van der Waals surface area contributed by atoms with Crippen molar-refractivity contribution in [2.75, 3.05) is 53.4 Å².